The fourth-order valence-corrected chi connectivity index (χ4v) is 4.76. The number of benzene rings is 2. The number of fused-ring (bicyclic) bond motifs is 3. The first-order chi connectivity index (χ1) is 14.7. The summed E-state index contributed by atoms with van der Waals surface area (Å²) >= 11 is 1.41. The zero-order valence-corrected chi connectivity index (χ0v) is 17.2. The fraction of sp³-hybridized carbons (Fsp3) is 0.261. The number of nitrogens with zero attached hydrogens (tertiary/aromatic N) is 3. The largest absolute Gasteiger partial charge is 0.328 e. The van der Waals surface area contributed by atoms with Gasteiger partial charge < -0.3 is 9.88 Å². The number of hydrogen-bond acceptors (Lipinski definition) is 4. The van der Waals surface area contributed by atoms with Gasteiger partial charge in [0, 0.05) is 29.6 Å². The summed E-state index contributed by atoms with van der Waals surface area (Å²) in [5, 5.41) is 5.50. The van der Waals surface area contributed by atoms with Gasteiger partial charge in [-0.3, -0.25) is 4.79 Å². The van der Waals surface area contributed by atoms with Crippen molar-refractivity contribution in [1.29, 1.82) is 0 Å². The van der Waals surface area contributed by atoms with E-state index in [4.69, 9.17) is 4.98 Å². The van der Waals surface area contributed by atoms with Crippen LogP contribution in [-0.4, -0.2) is 20.4 Å². The quantitative estimate of drug-likeness (QED) is 0.493. The van der Waals surface area contributed by atoms with Crippen molar-refractivity contribution in [3.05, 3.63) is 65.2 Å². The molecule has 0 atom stereocenters. The first kappa shape index (κ1) is 18.9. The van der Waals surface area contributed by atoms with Gasteiger partial charge in [0.25, 0.3) is 0 Å². The topological polar surface area (TPSA) is 59.8 Å². The predicted molar refractivity (Wildman–Crippen MR) is 117 cm³/mol. The normalized spacial score (nSPS) is 13.8. The number of anilines is 1. The molecular formula is C23H21FN4OS. The highest BCUT2D eigenvalue weighted by atomic mass is 32.1. The molecule has 5 nitrogen and oxygen atoms in total. The second-order valence-corrected chi connectivity index (χ2v) is 8.43. The van der Waals surface area contributed by atoms with Crippen molar-refractivity contribution in [1.82, 2.24) is 14.5 Å². The second kappa shape index (κ2) is 7.99. The van der Waals surface area contributed by atoms with Gasteiger partial charge in [0.05, 0.1) is 23.1 Å². The van der Waals surface area contributed by atoms with Crippen LogP contribution in [0.5, 0.6) is 0 Å². The first-order valence-corrected chi connectivity index (χ1v) is 11.0. The highest BCUT2D eigenvalue weighted by Gasteiger charge is 2.15. The summed E-state index contributed by atoms with van der Waals surface area (Å²) in [6, 6.07) is 12.2. The number of halogens is 1. The van der Waals surface area contributed by atoms with Crippen molar-refractivity contribution < 1.29 is 9.18 Å². The monoisotopic (exact) mass is 420 g/mol. The van der Waals surface area contributed by atoms with Gasteiger partial charge in [0.15, 0.2) is 0 Å². The van der Waals surface area contributed by atoms with Crippen LogP contribution >= 0.6 is 11.3 Å². The number of amides is 1. The van der Waals surface area contributed by atoms with Gasteiger partial charge in [0.1, 0.15) is 16.6 Å². The minimum absolute atomic E-state index is 0.133. The average molecular weight is 421 g/mol. The number of carbonyl (C=O) groups is 1. The Balaban J connectivity index is 1.29. The van der Waals surface area contributed by atoms with Crippen molar-refractivity contribution in [2.75, 3.05) is 5.32 Å². The molecule has 30 heavy (non-hydrogen) atoms. The summed E-state index contributed by atoms with van der Waals surface area (Å²) in [5.74, 6) is 0.707. The summed E-state index contributed by atoms with van der Waals surface area (Å²) in [6.07, 6.45) is 4.79. The van der Waals surface area contributed by atoms with Crippen molar-refractivity contribution in [3.63, 3.8) is 0 Å². The van der Waals surface area contributed by atoms with Crippen molar-refractivity contribution in [2.45, 2.75) is 38.6 Å². The van der Waals surface area contributed by atoms with E-state index in [0.717, 1.165) is 41.1 Å². The van der Waals surface area contributed by atoms with Gasteiger partial charge in [-0.2, -0.15) is 0 Å². The van der Waals surface area contributed by atoms with E-state index in [1.807, 2.05) is 29.6 Å². The maximum atomic E-state index is 13.4. The number of thiazole rings is 1. The van der Waals surface area contributed by atoms with Crippen LogP contribution in [0.1, 0.15) is 30.8 Å². The molecule has 3 heterocycles. The molecule has 1 aliphatic rings. The zero-order valence-electron chi connectivity index (χ0n) is 16.4. The number of aryl methyl sites for hydroxylation is 2. The van der Waals surface area contributed by atoms with Crippen LogP contribution in [0.3, 0.4) is 0 Å². The number of nitrogens with one attached hydrogen (secondary N) is 1. The van der Waals surface area contributed by atoms with Gasteiger partial charge >= 0.3 is 0 Å². The molecule has 0 spiro atoms. The Kier molecular flexibility index (Phi) is 5.04. The molecule has 0 saturated heterocycles. The van der Waals surface area contributed by atoms with Gasteiger partial charge in [-0.25, -0.2) is 14.4 Å². The molecule has 5 rings (SSSR count). The van der Waals surface area contributed by atoms with E-state index in [9.17, 15) is 9.18 Å². The summed E-state index contributed by atoms with van der Waals surface area (Å²) in [6.45, 7) is 1.01. The Morgan fingerprint density at radius 2 is 2.07 bits per heavy atom. The number of rotatable bonds is 4. The van der Waals surface area contributed by atoms with Gasteiger partial charge in [-0.15, -0.1) is 11.3 Å². The number of hydrogen-bond donors (Lipinski definition) is 1. The van der Waals surface area contributed by atoms with Crippen LogP contribution in [0.15, 0.2) is 47.8 Å². The van der Waals surface area contributed by atoms with Crippen LogP contribution in [0.25, 0.3) is 21.6 Å². The smallest absolute Gasteiger partial charge is 0.230 e. The molecule has 1 amide bonds. The fourth-order valence-electron chi connectivity index (χ4n) is 3.94. The summed E-state index contributed by atoms with van der Waals surface area (Å²) < 4.78 is 15.7. The molecule has 0 unspecified atom stereocenters. The molecule has 0 fully saturated rings. The molecule has 0 aliphatic carbocycles. The van der Waals surface area contributed by atoms with Gasteiger partial charge in [-0.1, -0.05) is 18.6 Å². The third-order valence-corrected chi connectivity index (χ3v) is 6.30. The van der Waals surface area contributed by atoms with Crippen LogP contribution in [0.2, 0.25) is 0 Å². The van der Waals surface area contributed by atoms with E-state index in [1.54, 1.807) is 6.07 Å². The second-order valence-electron chi connectivity index (χ2n) is 7.57. The standard InChI is InChI=1S/C23H21FN4OS/c24-16-6-4-5-15(11-16)23-26-18(14-30-23)13-22(29)25-17-8-9-20-19(12-17)27-21-7-2-1-3-10-28(20)21/h4-6,8-9,11-12,14H,1-3,7,10,13H2,(H,25,29). The van der Waals surface area contributed by atoms with Gasteiger partial charge in [-0.05, 0) is 43.2 Å². The lowest BCUT2D eigenvalue weighted by Crippen LogP contribution is -2.14. The van der Waals surface area contributed by atoms with E-state index >= 15 is 0 Å². The van der Waals surface area contributed by atoms with Crippen LogP contribution < -0.4 is 5.32 Å². The number of imidazole rings is 1. The minimum Gasteiger partial charge on any atom is -0.328 e. The van der Waals surface area contributed by atoms with E-state index in [2.05, 4.69) is 14.9 Å². The lowest BCUT2D eigenvalue weighted by molar-refractivity contribution is -0.115. The Bertz CT molecular complexity index is 1230. The van der Waals surface area contributed by atoms with Gasteiger partial charge in [0.2, 0.25) is 5.91 Å². The average Bonchev–Trinajstić information content (AvgIpc) is 3.25. The Morgan fingerprint density at radius 1 is 1.13 bits per heavy atom. The van der Waals surface area contributed by atoms with Crippen molar-refractivity contribution in [3.8, 4) is 10.6 Å². The highest BCUT2D eigenvalue weighted by Crippen LogP contribution is 2.26. The maximum absolute atomic E-state index is 13.4. The molecule has 0 saturated carbocycles. The minimum atomic E-state index is -0.297. The van der Waals surface area contributed by atoms with Crippen molar-refractivity contribution >= 4 is 34.0 Å². The molecule has 4 aromatic rings. The molecule has 0 radical (unpaired) electrons. The van der Waals surface area contributed by atoms with E-state index in [0.29, 0.717) is 10.7 Å². The summed E-state index contributed by atoms with van der Waals surface area (Å²) in [4.78, 5) is 21.8. The molecule has 2 aromatic heterocycles. The third-order valence-electron chi connectivity index (χ3n) is 5.36. The SMILES string of the molecule is O=C(Cc1csc(-c2cccc(F)c2)n1)Nc1ccc2c(c1)nc1n2CCCCC1. The maximum Gasteiger partial charge on any atom is 0.230 e. The molecule has 152 valence electrons. The molecular weight excluding hydrogens is 399 g/mol. The Morgan fingerprint density at radius 3 is 2.97 bits per heavy atom. The lowest BCUT2D eigenvalue weighted by atomic mass is 10.2. The zero-order chi connectivity index (χ0) is 20.5. The van der Waals surface area contributed by atoms with E-state index < -0.39 is 0 Å². The van der Waals surface area contributed by atoms with Crippen molar-refractivity contribution in [2.24, 2.45) is 0 Å². The summed E-state index contributed by atoms with van der Waals surface area (Å²) in [5.41, 5.74) is 4.18. The highest BCUT2D eigenvalue weighted by molar-refractivity contribution is 7.13. The lowest BCUT2D eigenvalue weighted by Gasteiger charge is -2.06. The third kappa shape index (κ3) is 3.85. The predicted octanol–water partition coefficient (Wildman–Crippen LogP) is 5.21. The molecule has 2 aromatic carbocycles. The van der Waals surface area contributed by atoms with E-state index in [-0.39, 0.29) is 18.1 Å². The molecule has 7 heteroatoms. The molecule has 0 bridgehead atoms. The Labute approximate surface area is 177 Å². The van der Waals surface area contributed by atoms with E-state index in [1.165, 1.54) is 42.7 Å². The summed E-state index contributed by atoms with van der Waals surface area (Å²) in [7, 11) is 0. The van der Waals surface area contributed by atoms with Crippen LogP contribution in [0, 0.1) is 5.82 Å². The number of aromatic nitrogens is 3. The molecule has 1 aliphatic heterocycles. The van der Waals surface area contributed by atoms with Crippen LogP contribution in [-0.2, 0) is 24.2 Å². The Hall–Kier alpha value is -3.06. The number of carbonyl (C=O) groups excluding carboxylic acids is 1. The first-order valence-electron chi connectivity index (χ1n) is 10.1. The van der Waals surface area contributed by atoms with Crippen LogP contribution in [0.4, 0.5) is 10.1 Å². The molecule has 1 N–H and O–H groups in total.